The van der Waals surface area contributed by atoms with Gasteiger partial charge in [-0.05, 0) is 48.4 Å². The van der Waals surface area contributed by atoms with E-state index >= 15 is 4.39 Å². The minimum absolute atomic E-state index is 0.193. The second kappa shape index (κ2) is 8.55. The molecule has 3 nitrogen and oxygen atoms in total. The van der Waals surface area contributed by atoms with E-state index in [2.05, 4.69) is 15.9 Å². The number of hydrogen-bond acceptors (Lipinski definition) is 2. The van der Waals surface area contributed by atoms with Gasteiger partial charge in [0.15, 0.2) is 5.72 Å². The number of ether oxygens (including phenoxy) is 1. The van der Waals surface area contributed by atoms with E-state index in [0.717, 1.165) is 5.56 Å². The van der Waals surface area contributed by atoms with Gasteiger partial charge in [0.2, 0.25) is 0 Å². The van der Waals surface area contributed by atoms with Crippen LogP contribution in [0.2, 0.25) is 10.0 Å². The lowest BCUT2D eigenvalue weighted by Gasteiger charge is -2.43. The Morgan fingerprint density at radius 2 is 1.65 bits per heavy atom. The number of halogens is 4. The summed E-state index contributed by atoms with van der Waals surface area (Å²) in [6.07, 6.45) is 0.586. The standard InChI is InChI=1S/C24H19BrCl2FNO2/c1-3-21(14-4-8-17(26)9-5-14)29-23(30)19-12-16(25)13-20(28)22(19)24(29,31-2)15-6-10-18(27)11-7-15/h4-13,21H,3H2,1-2H3. The van der Waals surface area contributed by atoms with Gasteiger partial charge in [0.1, 0.15) is 5.82 Å². The van der Waals surface area contributed by atoms with Gasteiger partial charge >= 0.3 is 0 Å². The first-order chi connectivity index (χ1) is 14.8. The molecule has 31 heavy (non-hydrogen) atoms. The fourth-order valence-corrected chi connectivity index (χ4v) is 5.05. The summed E-state index contributed by atoms with van der Waals surface area (Å²) in [4.78, 5) is 15.4. The smallest absolute Gasteiger partial charge is 0.257 e. The van der Waals surface area contributed by atoms with Crippen LogP contribution >= 0.6 is 39.1 Å². The molecule has 0 fully saturated rings. The van der Waals surface area contributed by atoms with Gasteiger partial charge in [-0.2, -0.15) is 0 Å². The summed E-state index contributed by atoms with van der Waals surface area (Å²) >= 11 is 15.5. The van der Waals surface area contributed by atoms with Crippen molar-refractivity contribution in [2.75, 3.05) is 7.11 Å². The van der Waals surface area contributed by atoms with E-state index in [0.29, 0.717) is 26.5 Å². The van der Waals surface area contributed by atoms with Crippen molar-refractivity contribution in [3.05, 3.63) is 103 Å². The van der Waals surface area contributed by atoms with E-state index in [1.165, 1.54) is 13.2 Å². The maximum Gasteiger partial charge on any atom is 0.257 e. The lowest BCUT2D eigenvalue weighted by molar-refractivity contribution is -0.103. The molecular formula is C24H19BrCl2FNO2. The third kappa shape index (κ3) is 3.58. The zero-order valence-corrected chi connectivity index (χ0v) is 19.9. The maximum absolute atomic E-state index is 15.4. The van der Waals surface area contributed by atoms with Crippen molar-refractivity contribution < 1.29 is 13.9 Å². The van der Waals surface area contributed by atoms with E-state index in [4.69, 9.17) is 27.9 Å². The normalized spacial score (nSPS) is 18.9. The predicted octanol–water partition coefficient (Wildman–Crippen LogP) is 7.35. The Morgan fingerprint density at radius 1 is 1.06 bits per heavy atom. The van der Waals surface area contributed by atoms with Gasteiger partial charge in [-0.25, -0.2) is 4.39 Å². The molecule has 7 heteroatoms. The molecule has 3 aromatic carbocycles. The van der Waals surface area contributed by atoms with Gasteiger partial charge in [0, 0.05) is 27.2 Å². The molecule has 2 unspecified atom stereocenters. The van der Waals surface area contributed by atoms with Crippen LogP contribution in [0.4, 0.5) is 4.39 Å². The molecule has 1 aliphatic rings. The van der Waals surface area contributed by atoms with Gasteiger partial charge in [-0.1, -0.05) is 70.3 Å². The van der Waals surface area contributed by atoms with E-state index in [1.807, 2.05) is 19.1 Å². The van der Waals surface area contributed by atoms with Crippen molar-refractivity contribution in [3.63, 3.8) is 0 Å². The fourth-order valence-electron chi connectivity index (χ4n) is 4.37. The van der Waals surface area contributed by atoms with Crippen molar-refractivity contribution in [1.82, 2.24) is 4.90 Å². The fraction of sp³-hybridized carbons (Fsp3) is 0.208. The van der Waals surface area contributed by atoms with Gasteiger partial charge in [0.25, 0.3) is 5.91 Å². The number of carbonyl (C=O) groups is 1. The first-order valence-electron chi connectivity index (χ1n) is 9.73. The first kappa shape index (κ1) is 22.3. The van der Waals surface area contributed by atoms with Crippen molar-refractivity contribution in [2.45, 2.75) is 25.1 Å². The minimum atomic E-state index is -1.46. The molecule has 2 atom stereocenters. The van der Waals surface area contributed by atoms with Crippen LogP contribution < -0.4 is 0 Å². The highest BCUT2D eigenvalue weighted by atomic mass is 79.9. The van der Waals surface area contributed by atoms with Gasteiger partial charge in [-0.3, -0.25) is 9.69 Å². The molecule has 0 radical (unpaired) electrons. The van der Waals surface area contributed by atoms with Gasteiger partial charge in [-0.15, -0.1) is 0 Å². The summed E-state index contributed by atoms with van der Waals surface area (Å²) < 4.78 is 22.0. The summed E-state index contributed by atoms with van der Waals surface area (Å²) in [6, 6.07) is 16.9. The lowest BCUT2D eigenvalue weighted by Crippen LogP contribution is -2.48. The van der Waals surface area contributed by atoms with E-state index in [1.54, 1.807) is 47.4 Å². The number of benzene rings is 3. The van der Waals surface area contributed by atoms with Crippen LogP contribution in [0.25, 0.3) is 0 Å². The predicted molar refractivity (Wildman–Crippen MR) is 124 cm³/mol. The second-order valence-corrected chi connectivity index (χ2v) is 9.10. The zero-order valence-electron chi connectivity index (χ0n) is 16.8. The largest absolute Gasteiger partial charge is 0.350 e. The molecule has 0 aliphatic carbocycles. The Bertz CT molecular complexity index is 1140. The topological polar surface area (TPSA) is 29.5 Å². The second-order valence-electron chi connectivity index (χ2n) is 7.32. The summed E-state index contributed by atoms with van der Waals surface area (Å²) in [7, 11) is 1.49. The Morgan fingerprint density at radius 3 is 2.19 bits per heavy atom. The Balaban J connectivity index is 2.02. The molecule has 0 saturated carbocycles. The van der Waals surface area contributed by atoms with Crippen LogP contribution in [-0.4, -0.2) is 17.9 Å². The van der Waals surface area contributed by atoms with Crippen LogP contribution in [0.15, 0.2) is 65.1 Å². The van der Waals surface area contributed by atoms with Gasteiger partial charge < -0.3 is 4.74 Å². The highest BCUT2D eigenvalue weighted by Crippen LogP contribution is 2.51. The number of carbonyl (C=O) groups excluding carboxylic acids is 1. The molecule has 1 aliphatic heterocycles. The molecule has 0 saturated heterocycles. The van der Waals surface area contributed by atoms with Crippen molar-refractivity contribution in [1.29, 1.82) is 0 Å². The quantitative estimate of drug-likeness (QED) is 0.350. The van der Waals surface area contributed by atoms with E-state index in [9.17, 15) is 4.79 Å². The molecule has 0 bridgehead atoms. The highest BCUT2D eigenvalue weighted by molar-refractivity contribution is 9.10. The van der Waals surface area contributed by atoms with Crippen LogP contribution in [0.3, 0.4) is 0 Å². The molecule has 4 rings (SSSR count). The summed E-state index contributed by atoms with van der Waals surface area (Å²) in [5.74, 6) is -0.836. The summed E-state index contributed by atoms with van der Waals surface area (Å²) in [6.45, 7) is 1.98. The molecule has 0 N–H and O–H groups in total. The molecule has 3 aromatic rings. The Kier molecular flexibility index (Phi) is 6.14. The van der Waals surface area contributed by atoms with Crippen LogP contribution in [0.1, 0.15) is 46.4 Å². The zero-order chi connectivity index (χ0) is 22.3. The lowest BCUT2D eigenvalue weighted by atomic mass is 9.91. The summed E-state index contributed by atoms with van der Waals surface area (Å²) in [5, 5.41) is 1.13. The van der Waals surface area contributed by atoms with Crippen molar-refractivity contribution in [2.24, 2.45) is 0 Å². The van der Waals surface area contributed by atoms with Crippen molar-refractivity contribution in [3.8, 4) is 0 Å². The van der Waals surface area contributed by atoms with Crippen LogP contribution in [-0.2, 0) is 10.5 Å². The summed E-state index contributed by atoms with van der Waals surface area (Å²) in [5.41, 5.74) is 0.485. The maximum atomic E-state index is 15.4. The van der Waals surface area contributed by atoms with E-state index < -0.39 is 11.5 Å². The molecule has 0 aromatic heterocycles. The number of amides is 1. The average Bonchev–Trinajstić information content (AvgIpc) is 3.00. The number of rotatable bonds is 5. The number of fused-ring (bicyclic) bond motifs is 1. The highest BCUT2D eigenvalue weighted by Gasteiger charge is 2.56. The van der Waals surface area contributed by atoms with Crippen molar-refractivity contribution >= 4 is 45.0 Å². The van der Waals surface area contributed by atoms with Crippen LogP contribution in [0.5, 0.6) is 0 Å². The van der Waals surface area contributed by atoms with Crippen LogP contribution in [0, 0.1) is 5.82 Å². The molecule has 1 heterocycles. The Hall–Kier alpha value is -1.92. The SMILES string of the molecule is CCC(c1ccc(Cl)cc1)N1C(=O)c2cc(Br)cc(F)c2C1(OC)c1ccc(Cl)cc1. The number of hydrogen-bond donors (Lipinski definition) is 0. The molecular weight excluding hydrogens is 504 g/mol. The first-order valence-corrected chi connectivity index (χ1v) is 11.3. The third-order valence-electron chi connectivity index (χ3n) is 5.67. The minimum Gasteiger partial charge on any atom is -0.350 e. The monoisotopic (exact) mass is 521 g/mol. The number of nitrogens with zero attached hydrogens (tertiary/aromatic N) is 1. The van der Waals surface area contributed by atoms with Gasteiger partial charge in [0.05, 0.1) is 17.2 Å². The molecule has 160 valence electrons. The molecule has 0 spiro atoms. The third-order valence-corrected chi connectivity index (χ3v) is 6.63. The van der Waals surface area contributed by atoms with E-state index in [-0.39, 0.29) is 23.1 Å². The number of methoxy groups -OCH3 is 1. The Labute approximate surface area is 198 Å². The molecule has 1 amide bonds. The average molecular weight is 523 g/mol.